The Labute approximate surface area is 174 Å². The molecular weight excluding hydrogens is 384 g/mol. The van der Waals surface area contributed by atoms with E-state index in [1.807, 2.05) is 91.9 Å². The molecule has 4 nitrogen and oxygen atoms in total. The van der Waals surface area contributed by atoms with Gasteiger partial charge in [-0.1, -0.05) is 54.1 Å². The number of para-hydroxylation sites is 1. The van der Waals surface area contributed by atoms with Crippen LogP contribution in [-0.4, -0.2) is 11.6 Å². The van der Waals surface area contributed by atoms with Crippen molar-refractivity contribution in [2.45, 2.75) is 13.5 Å². The molecule has 1 amide bonds. The van der Waals surface area contributed by atoms with Gasteiger partial charge in [0, 0.05) is 5.02 Å². The first-order valence-corrected chi connectivity index (χ1v) is 9.62. The molecule has 0 saturated carbocycles. The Kier molecular flexibility index (Phi) is 5.45. The lowest BCUT2D eigenvalue weighted by atomic mass is 10.1. The maximum atomic E-state index is 12.8. The lowest BCUT2D eigenvalue weighted by Crippen LogP contribution is -2.21. The topological polar surface area (TPSA) is 41.9 Å². The predicted molar refractivity (Wildman–Crippen MR) is 117 cm³/mol. The zero-order valence-corrected chi connectivity index (χ0v) is 16.6. The number of hydrazone groups is 1. The highest BCUT2D eigenvalue weighted by Crippen LogP contribution is 2.25. The zero-order chi connectivity index (χ0) is 20.2. The minimum atomic E-state index is -0.128. The summed E-state index contributed by atoms with van der Waals surface area (Å²) >= 11 is 5.90. The molecule has 1 aliphatic rings. The number of benzene rings is 3. The number of amides is 1. The summed E-state index contributed by atoms with van der Waals surface area (Å²) in [7, 11) is 0. The van der Waals surface area contributed by atoms with Gasteiger partial charge in [-0.25, -0.2) is 0 Å². The molecule has 0 radical (unpaired) electrons. The summed E-state index contributed by atoms with van der Waals surface area (Å²) in [5, 5.41) is 6.54. The van der Waals surface area contributed by atoms with Crippen molar-refractivity contribution in [3.05, 3.63) is 101 Å². The molecule has 0 spiro atoms. The van der Waals surface area contributed by atoms with Crippen LogP contribution in [0.2, 0.25) is 5.02 Å². The molecule has 0 aliphatic carbocycles. The first-order chi connectivity index (χ1) is 14.1. The van der Waals surface area contributed by atoms with E-state index in [0.29, 0.717) is 22.9 Å². The van der Waals surface area contributed by atoms with E-state index in [-0.39, 0.29) is 5.91 Å². The third-order valence-electron chi connectivity index (χ3n) is 4.57. The third kappa shape index (κ3) is 4.39. The highest BCUT2D eigenvalue weighted by molar-refractivity contribution is 6.32. The van der Waals surface area contributed by atoms with Gasteiger partial charge in [-0.3, -0.25) is 4.79 Å². The van der Waals surface area contributed by atoms with Crippen molar-refractivity contribution in [3.63, 3.8) is 0 Å². The van der Waals surface area contributed by atoms with Gasteiger partial charge in [-0.05, 0) is 60.5 Å². The van der Waals surface area contributed by atoms with Crippen LogP contribution < -0.4 is 9.75 Å². The smallest absolute Gasteiger partial charge is 0.280 e. The van der Waals surface area contributed by atoms with Gasteiger partial charge in [0.1, 0.15) is 12.4 Å². The fraction of sp³-hybridized carbons (Fsp3) is 0.0833. The number of anilines is 1. The summed E-state index contributed by atoms with van der Waals surface area (Å²) in [5.74, 6) is 0.632. The largest absolute Gasteiger partial charge is 0.489 e. The minimum absolute atomic E-state index is 0.128. The molecule has 5 heteroatoms. The predicted octanol–water partition coefficient (Wildman–Crippen LogP) is 5.73. The van der Waals surface area contributed by atoms with Crippen LogP contribution in [0.3, 0.4) is 0 Å². The van der Waals surface area contributed by atoms with Crippen molar-refractivity contribution in [1.29, 1.82) is 0 Å². The van der Waals surface area contributed by atoms with Crippen molar-refractivity contribution in [2.75, 3.05) is 5.01 Å². The Hall–Kier alpha value is -3.37. The van der Waals surface area contributed by atoms with E-state index < -0.39 is 0 Å². The Balaban J connectivity index is 1.45. The lowest BCUT2D eigenvalue weighted by Gasteiger charge is -2.11. The molecule has 1 aliphatic heterocycles. The van der Waals surface area contributed by atoms with Crippen molar-refractivity contribution in [2.24, 2.45) is 5.10 Å². The minimum Gasteiger partial charge on any atom is -0.489 e. The van der Waals surface area contributed by atoms with Crippen LogP contribution in [0.4, 0.5) is 5.69 Å². The second-order valence-electron chi connectivity index (χ2n) is 6.68. The first-order valence-electron chi connectivity index (χ1n) is 9.24. The summed E-state index contributed by atoms with van der Waals surface area (Å²) in [4.78, 5) is 12.8. The normalized spacial score (nSPS) is 15.0. The van der Waals surface area contributed by atoms with Crippen molar-refractivity contribution >= 4 is 35.0 Å². The maximum Gasteiger partial charge on any atom is 0.280 e. The quantitative estimate of drug-likeness (QED) is 0.512. The van der Waals surface area contributed by atoms with E-state index in [1.54, 1.807) is 0 Å². The summed E-state index contributed by atoms with van der Waals surface area (Å²) in [5.41, 5.74) is 4.00. The molecule has 0 bridgehead atoms. The van der Waals surface area contributed by atoms with Crippen LogP contribution in [0.15, 0.2) is 89.5 Å². The van der Waals surface area contributed by atoms with Crippen LogP contribution in [0, 0.1) is 0 Å². The summed E-state index contributed by atoms with van der Waals surface area (Å²) in [6.45, 7) is 2.31. The second-order valence-corrected chi connectivity index (χ2v) is 7.12. The van der Waals surface area contributed by atoms with Crippen LogP contribution in [0.25, 0.3) is 6.08 Å². The standard InChI is InChI=1S/C24H19ClN2O2/c1-17-23(24(28)27(26-17)21-5-3-2-4-6-21)15-18-9-13-22(14-10-18)29-16-19-7-11-20(25)12-8-19/h2-15H,16H2,1H3/b23-15-. The van der Waals surface area contributed by atoms with Gasteiger partial charge in [0.05, 0.1) is 17.0 Å². The lowest BCUT2D eigenvalue weighted by molar-refractivity contribution is -0.114. The molecule has 4 rings (SSSR count). The average Bonchev–Trinajstić information content (AvgIpc) is 3.03. The molecule has 0 fully saturated rings. The molecule has 3 aromatic rings. The third-order valence-corrected chi connectivity index (χ3v) is 4.83. The molecule has 0 atom stereocenters. The Morgan fingerprint density at radius 1 is 0.966 bits per heavy atom. The SMILES string of the molecule is CC1=NN(c2ccccc2)C(=O)/C1=C\c1ccc(OCc2ccc(Cl)cc2)cc1. The highest BCUT2D eigenvalue weighted by Gasteiger charge is 2.28. The molecular formula is C24H19ClN2O2. The Bertz CT molecular complexity index is 1070. The van der Waals surface area contributed by atoms with E-state index >= 15 is 0 Å². The van der Waals surface area contributed by atoms with Gasteiger partial charge in [0.25, 0.3) is 5.91 Å². The van der Waals surface area contributed by atoms with E-state index in [1.165, 1.54) is 5.01 Å². The van der Waals surface area contributed by atoms with Crippen LogP contribution >= 0.6 is 11.6 Å². The molecule has 0 aromatic heterocycles. The molecule has 29 heavy (non-hydrogen) atoms. The Morgan fingerprint density at radius 3 is 2.34 bits per heavy atom. The number of hydrogen-bond donors (Lipinski definition) is 0. The number of carbonyl (C=O) groups is 1. The van der Waals surface area contributed by atoms with Crippen LogP contribution in [-0.2, 0) is 11.4 Å². The summed E-state index contributed by atoms with van der Waals surface area (Å²) < 4.78 is 5.81. The highest BCUT2D eigenvalue weighted by atomic mass is 35.5. The molecule has 1 heterocycles. The molecule has 0 N–H and O–H groups in total. The number of hydrogen-bond acceptors (Lipinski definition) is 3. The second kappa shape index (κ2) is 8.33. The van der Waals surface area contributed by atoms with Gasteiger partial charge >= 0.3 is 0 Å². The number of halogens is 1. The Morgan fingerprint density at radius 2 is 1.66 bits per heavy atom. The zero-order valence-electron chi connectivity index (χ0n) is 15.9. The van der Waals surface area contributed by atoms with Gasteiger partial charge in [0.2, 0.25) is 0 Å². The number of nitrogens with zero attached hydrogens (tertiary/aromatic N) is 2. The average molecular weight is 403 g/mol. The molecule has 3 aromatic carbocycles. The number of ether oxygens (including phenoxy) is 1. The maximum absolute atomic E-state index is 12.8. The number of rotatable bonds is 5. The fourth-order valence-electron chi connectivity index (χ4n) is 3.00. The summed E-state index contributed by atoms with van der Waals surface area (Å²) in [6.07, 6.45) is 1.85. The van der Waals surface area contributed by atoms with E-state index in [0.717, 1.165) is 22.6 Å². The van der Waals surface area contributed by atoms with E-state index in [2.05, 4.69) is 5.10 Å². The van der Waals surface area contributed by atoms with Gasteiger partial charge in [0.15, 0.2) is 0 Å². The van der Waals surface area contributed by atoms with Crippen LogP contribution in [0.5, 0.6) is 5.75 Å². The molecule has 144 valence electrons. The van der Waals surface area contributed by atoms with E-state index in [9.17, 15) is 4.79 Å². The molecule has 0 unspecified atom stereocenters. The van der Waals surface area contributed by atoms with Gasteiger partial charge in [-0.15, -0.1) is 0 Å². The fourth-order valence-corrected chi connectivity index (χ4v) is 3.13. The van der Waals surface area contributed by atoms with Gasteiger partial charge in [-0.2, -0.15) is 10.1 Å². The summed E-state index contributed by atoms with van der Waals surface area (Å²) in [6, 6.07) is 24.6. The molecule has 0 saturated heterocycles. The first kappa shape index (κ1) is 19.0. The van der Waals surface area contributed by atoms with Crippen molar-refractivity contribution < 1.29 is 9.53 Å². The monoisotopic (exact) mass is 402 g/mol. The van der Waals surface area contributed by atoms with E-state index in [4.69, 9.17) is 16.3 Å². The number of carbonyl (C=O) groups excluding carboxylic acids is 1. The van der Waals surface area contributed by atoms with Crippen LogP contribution in [0.1, 0.15) is 18.1 Å². The van der Waals surface area contributed by atoms with Gasteiger partial charge < -0.3 is 4.74 Å². The van der Waals surface area contributed by atoms with Crippen molar-refractivity contribution in [1.82, 2.24) is 0 Å². The van der Waals surface area contributed by atoms with Crippen molar-refractivity contribution in [3.8, 4) is 5.75 Å².